The number of nitrogens with one attached hydrogen (secondary N) is 2. The number of nitrogens with zero attached hydrogens (tertiary/aromatic N) is 5. The van der Waals surface area contributed by atoms with Gasteiger partial charge in [-0.3, -0.25) is 9.78 Å². The summed E-state index contributed by atoms with van der Waals surface area (Å²) < 4.78 is 1.68. The summed E-state index contributed by atoms with van der Waals surface area (Å²) in [6, 6.07) is 13.2. The number of rotatable bonds is 7. The Labute approximate surface area is 180 Å². The summed E-state index contributed by atoms with van der Waals surface area (Å²) in [6.07, 6.45) is 5.24. The standard InChI is InChI=1S/C23H25N7O/c1-4-7-18-13-20(26-19-10-5-8-16(12-19)22(31)25-15(2)3)30-23(27-18)28-21(29-30)17-9-6-11-24-14-17/h5-6,8-15,26H,4,7H2,1-3H3,(H,25,31). The van der Waals surface area contributed by atoms with Crippen LogP contribution in [0, 0.1) is 0 Å². The Morgan fingerprint density at radius 2 is 2.00 bits per heavy atom. The van der Waals surface area contributed by atoms with Crippen LogP contribution >= 0.6 is 0 Å². The molecule has 31 heavy (non-hydrogen) atoms. The highest BCUT2D eigenvalue weighted by atomic mass is 16.1. The van der Waals surface area contributed by atoms with Crippen molar-refractivity contribution in [1.29, 1.82) is 0 Å². The van der Waals surface area contributed by atoms with Crippen LogP contribution in [0.15, 0.2) is 54.9 Å². The fourth-order valence-corrected chi connectivity index (χ4v) is 3.24. The van der Waals surface area contributed by atoms with Crippen molar-refractivity contribution in [2.45, 2.75) is 39.7 Å². The fourth-order valence-electron chi connectivity index (χ4n) is 3.24. The Hall–Kier alpha value is -3.81. The normalized spacial score (nSPS) is 11.1. The maximum absolute atomic E-state index is 12.4. The van der Waals surface area contributed by atoms with E-state index in [4.69, 9.17) is 0 Å². The Morgan fingerprint density at radius 3 is 2.74 bits per heavy atom. The number of anilines is 2. The van der Waals surface area contributed by atoms with Crippen LogP contribution in [-0.4, -0.2) is 36.5 Å². The Balaban J connectivity index is 1.72. The molecule has 3 aromatic heterocycles. The van der Waals surface area contributed by atoms with Crippen LogP contribution < -0.4 is 10.6 Å². The first-order valence-electron chi connectivity index (χ1n) is 10.4. The SMILES string of the molecule is CCCc1cc(Nc2cccc(C(=O)NC(C)C)c2)n2nc(-c3cccnc3)nc2n1. The average molecular weight is 416 g/mol. The minimum Gasteiger partial charge on any atom is -0.350 e. The number of aromatic nitrogens is 5. The molecule has 3 heterocycles. The minimum absolute atomic E-state index is 0.0709. The number of hydrogen-bond acceptors (Lipinski definition) is 6. The molecule has 0 aliphatic rings. The van der Waals surface area contributed by atoms with Crippen molar-refractivity contribution in [3.63, 3.8) is 0 Å². The lowest BCUT2D eigenvalue weighted by Crippen LogP contribution is -2.30. The lowest BCUT2D eigenvalue weighted by molar-refractivity contribution is 0.0943. The van der Waals surface area contributed by atoms with Gasteiger partial charge < -0.3 is 10.6 Å². The van der Waals surface area contributed by atoms with Crippen LogP contribution in [0.25, 0.3) is 17.2 Å². The summed E-state index contributed by atoms with van der Waals surface area (Å²) in [5.74, 6) is 1.70. The summed E-state index contributed by atoms with van der Waals surface area (Å²) in [5.41, 5.74) is 3.12. The molecular weight excluding hydrogens is 390 g/mol. The van der Waals surface area contributed by atoms with Crippen molar-refractivity contribution in [2.75, 3.05) is 5.32 Å². The number of aryl methyl sites for hydroxylation is 1. The molecule has 4 aromatic rings. The third-order valence-electron chi connectivity index (χ3n) is 4.61. The monoisotopic (exact) mass is 415 g/mol. The van der Waals surface area contributed by atoms with E-state index in [1.54, 1.807) is 23.0 Å². The molecular formula is C23H25N7O. The van der Waals surface area contributed by atoms with E-state index in [0.717, 1.165) is 35.6 Å². The van der Waals surface area contributed by atoms with Gasteiger partial charge in [0.1, 0.15) is 5.82 Å². The molecule has 1 amide bonds. The van der Waals surface area contributed by atoms with Crippen LogP contribution in [0.3, 0.4) is 0 Å². The van der Waals surface area contributed by atoms with Crippen LogP contribution in [0.4, 0.5) is 11.5 Å². The quantitative estimate of drug-likeness (QED) is 0.473. The van der Waals surface area contributed by atoms with E-state index in [9.17, 15) is 4.79 Å². The van der Waals surface area contributed by atoms with Gasteiger partial charge in [0.2, 0.25) is 0 Å². The van der Waals surface area contributed by atoms with Gasteiger partial charge in [-0.1, -0.05) is 19.4 Å². The van der Waals surface area contributed by atoms with Crippen molar-refractivity contribution in [3.8, 4) is 11.4 Å². The van der Waals surface area contributed by atoms with E-state index < -0.39 is 0 Å². The molecule has 8 heteroatoms. The van der Waals surface area contributed by atoms with E-state index in [1.165, 1.54) is 0 Å². The lowest BCUT2D eigenvalue weighted by Gasteiger charge is -2.12. The van der Waals surface area contributed by atoms with Crippen molar-refractivity contribution < 1.29 is 4.79 Å². The van der Waals surface area contributed by atoms with Gasteiger partial charge in [0, 0.05) is 47.0 Å². The zero-order valence-electron chi connectivity index (χ0n) is 17.8. The van der Waals surface area contributed by atoms with Gasteiger partial charge in [0.15, 0.2) is 5.82 Å². The molecule has 0 aliphatic carbocycles. The molecule has 0 unspecified atom stereocenters. The summed E-state index contributed by atoms with van der Waals surface area (Å²) in [6.45, 7) is 5.99. The second-order valence-corrected chi connectivity index (χ2v) is 7.61. The molecule has 0 bridgehead atoms. The Bertz CT molecular complexity index is 1200. The summed E-state index contributed by atoms with van der Waals surface area (Å²) in [5, 5.41) is 10.9. The Kier molecular flexibility index (Phi) is 5.88. The number of amides is 1. The van der Waals surface area contributed by atoms with Crippen LogP contribution in [0.5, 0.6) is 0 Å². The number of hydrogen-bond donors (Lipinski definition) is 2. The van der Waals surface area contributed by atoms with Gasteiger partial charge in [-0.25, -0.2) is 4.98 Å². The van der Waals surface area contributed by atoms with Crippen molar-refractivity contribution in [1.82, 2.24) is 29.9 Å². The first-order chi connectivity index (χ1) is 15.0. The number of carbonyl (C=O) groups excluding carboxylic acids is 1. The molecule has 0 fully saturated rings. The molecule has 158 valence electrons. The molecule has 2 N–H and O–H groups in total. The molecule has 0 saturated heterocycles. The second kappa shape index (κ2) is 8.91. The first-order valence-corrected chi connectivity index (χ1v) is 10.4. The number of carbonyl (C=O) groups is 1. The van der Waals surface area contributed by atoms with E-state index in [-0.39, 0.29) is 11.9 Å². The third-order valence-corrected chi connectivity index (χ3v) is 4.61. The minimum atomic E-state index is -0.107. The molecule has 0 aliphatic heterocycles. The molecule has 0 atom stereocenters. The molecule has 4 rings (SSSR count). The first kappa shape index (κ1) is 20.5. The van der Waals surface area contributed by atoms with E-state index in [0.29, 0.717) is 17.2 Å². The zero-order chi connectivity index (χ0) is 21.8. The van der Waals surface area contributed by atoms with E-state index in [2.05, 4.69) is 37.6 Å². The largest absolute Gasteiger partial charge is 0.350 e. The highest BCUT2D eigenvalue weighted by Crippen LogP contribution is 2.22. The molecule has 0 radical (unpaired) electrons. The highest BCUT2D eigenvalue weighted by Gasteiger charge is 2.14. The fraction of sp³-hybridized carbons (Fsp3) is 0.261. The molecule has 0 spiro atoms. The van der Waals surface area contributed by atoms with Crippen LogP contribution in [0.2, 0.25) is 0 Å². The zero-order valence-corrected chi connectivity index (χ0v) is 17.8. The topological polar surface area (TPSA) is 97.1 Å². The number of benzene rings is 1. The van der Waals surface area contributed by atoms with E-state index >= 15 is 0 Å². The van der Waals surface area contributed by atoms with Gasteiger partial charge in [-0.2, -0.15) is 9.50 Å². The molecule has 8 nitrogen and oxygen atoms in total. The summed E-state index contributed by atoms with van der Waals surface area (Å²) in [7, 11) is 0. The maximum Gasteiger partial charge on any atom is 0.254 e. The van der Waals surface area contributed by atoms with Crippen molar-refractivity contribution in [2.24, 2.45) is 0 Å². The average Bonchev–Trinajstić information content (AvgIpc) is 3.19. The van der Waals surface area contributed by atoms with Gasteiger partial charge in [0.05, 0.1) is 0 Å². The van der Waals surface area contributed by atoms with E-state index in [1.807, 2.05) is 50.2 Å². The molecule has 0 saturated carbocycles. The van der Waals surface area contributed by atoms with Crippen molar-refractivity contribution in [3.05, 3.63) is 66.1 Å². The smallest absolute Gasteiger partial charge is 0.254 e. The van der Waals surface area contributed by atoms with Gasteiger partial charge >= 0.3 is 0 Å². The van der Waals surface area contributed by atoms with Gasteiger partial charge in [-0.15, -0.1) is 5.10 Å². The van der Waals surface area contributed by atoms with Gasteiger partial charge in [-0.05, 0) is 50.6 Å². The number of pyridine rings is 1. The summed E-state index contributed by atoms with van der Waals surface area (Å²) in [4.78, 5) is 25.8. The third kappa shape index (κ3) is 4.69. The van der Waals surface area contributed by atoms with Crippen LogP contribution in [-0.2, 0) is 6.42 Å². The van der Waals surface area contributed by atoms with Gasteiger partial charge in [0.25, 0.3) is 11.7 Å². The predicted molar refractivity (Wildman–Crippen MR) is 120 cm³/mol. The second-order valence-electron chi connectivity index (χ2n) is 7.61. The predicted octanol–water partition coefficient (Wildman–Crippen LogP) is 4.02. The van der Waals surface area contributed by atoms with Crippen LogP contribution in [0.1, 0.15) is 43.2 Å². The summed E-state index contributed by atoms with van der Waals surface area (Å²) >= 11 is 0. The highest BCUT2D eigenvalue weighted by molar-refractivity contribution is 5.95. The van der Waals surface area contributed by atoms with Crippen molar-refractivity contribution >= 4 is 23.2 Å². The Morgan fingerprint density at radius 1 is 1.13 bits per heavy atom. The maximum atomic E-state index is 12.4. The number of fused-ring (bicyclic) bond motifs is 1. The lowest BCUT2D eigenvalue weighted by atomic mass is 10.1. The molecule has 1 aromatic carbocycles.